The van der Waals surface area contributed by atoms with Crippen molar-refractivity contribution in [1.82, 2.24) is 10.2 Å². The molecule has 1 heterocycles. The molecule has 0 aromatic heterocycles. The number of amides is 2. The minimum atomic E-state index is -0.482. The Morgan fingerprint density at radius 3 is 2.57 bits per heavy atom. The average Bonchev–Trinajstić information content (AvgIpc) is 2.58. The molecule has 0 aliphatic carbocycles. The Labute approximate surface area is 137 Å². The van der Waals surface area contributed by atoms with E-state index < -0.39 is 12.0 Å². The zero-order valence-corrected chi connectivity index (χ0v) is 14.1. The summed E-state index contributed by atoms with van der Waals surface area (Å²) in [6.45, 7) is 6.56. The van der Waals surface area contributed by atoms with Gasteiger partial charge in [-0.3, -0.25) is 4.90 Å². The van der Waals surface area contributed by atoms with Crippen LogP contribution in [-0.4, -0.2) is 30.6 Å². The van der Waals surface area contributed by atoms with E-state index in [1.165, 1.54) is 7.11 Å². The van der Waals surface area contributed by atoms with Gasteiger partial charge >= 0.3 is 12.0 Å². The number of ether oxygens (including phenoxy) is 1. The number of rotatable bonds is 5. The lowest BCUT2D eigenvalue weighted by Crippen LogP contribution is -2.49. The molecule has 2 rings (SSSR count). The molecule has 1 aliphatic rings. The van der Waals surface area contributed by atoms with Crippen LogP contribution >= 0.6 is 0 Å². The number of hydrogen-bond donors (Lipinski definition) is 1. The van der Waals surface area contributed by atoms with Crippen LogP contribution in [0, 0.1) is 5.92 Å². The molecule has 23 heavy (non-hydrogen) atoms. The fourth-order valence-electron chi connectivity index (χ4n) is 2.71. The molecule has 0 saturated heterocycles. The summed E-state index contributed by atoms with van der Waals surface area (Å²) >= 11 is 0. The lowest BCUT2D eigenvalue weighted by atomic mass is 9.94. The summed E-state index contributed by atoms with van der Waals surface area (Å²) in [4.78, 5) is 26.5. The topological polar surface area (TPSA) is 58.6 Å². The van der Waals surface area contributed by atoms with E-state index in [-0.39, 0.29) is 6.03 Å². The van der Waals surface area contributed by atoms with Gasteiger partial charge in [-0.25, -0.2) is 9.59 Å². The monoisotopic (exact) mass is 316 g/mol. The van der Waals surface area contributed by atoms with E-state index in [0.717, 1.165) is 12.0 Å². The zero-order chi connectivity index (χ0) is 17.0. The van der Waals surface area contributed by atoms with Crippen molar-refractivity contribution >= 4 is 12.0 Å². The minimum Gasteiger partial charge on any atom is -0.466 e. The van der Waals surface area contributed by atoms with Crippen LogP contribution in [0.15, 0.2) is 41.6 Å². The quantitative estimate of drug-likeness (QED) is 0.848. The van der Waals surface area contributed by atoms with Gasteiger partial charge in [0.25, 0.3) is 0 Å². The molecule has 0 spiro atoms. The molecule has 5 nitrogen and oxygen atoms in total. The Morgan fingerprint density at radius 1 is 1.35 bits per heavy atom. The van der Waals surface area contributed by atoms with Gasteiger partial charge in [-0.05, 0) is 18.4 Å². The van der Waals surface area contributed by atoms with Crippen LogP contribution in [0.25, 0.3) is 0 Å². The maximum Gasteiger partial charge on any atom is 0.337 e. The van der Waals surface area contributed by atoms with Crippen molar-refractivity contribution in [1.29, 1.82) is 0 Å². The highest BCUT2D eigenvalue weighted by molar-refractivity contribution is 5.94. The summed E-state index contributed by atoms with van der Waals surface area (Å²) in [6, 6.07) is 8.80. The first kappa shape index (κ1) is 17.1. The van der Waals surface area contributed by atoms with Crippen molar-refractivity contribution in [3.63, 3.8) is 0 Å². The number of nitrogens with one attached hydrogen (secondary N) is 1. The minimum absolute atomic E-state index is 0.177. The van der Waals surface area contributed by atoms with E-state index in [1.54, 1.807) is 4.90 Å². The highest BCUT2D eigenvalue weighted by atomic mass is 16.5. The highest BCUT2D eigenvalue weighted by Gasteiger charge is 2.36. The first-order valence-electron chi connectivity index (χ1n) is 7.91. The van der Waals surface area contributed by atoms with Crippen LogP contribution in [0.1, 0.15) is 38.8 Å². The molecule has 2 atom stereocenters. The van der Waals surface area contributed by atoms with Crippen LogP contribution in [0.3, 0.4) is 0 Å². The molecule has 0 radical (unpaired) electrons. The second-order valence-corrected chi connectivity index (χ2v) is 5.91. The van der Waals surface area contributed by atoms with Crippen molar-refractivity contribution in [2.75, 3.05) is 13.7 Å². The number of benzene rings is 1. The molecule has 1 aromatic rings. The molecule has 1 aliphatic heterocycles. The maximum atomic E-state index is 12.5. The second-order valence-electron chi connectivity index (χ2n) is 5.91. The van der Waals surface area contributed by atoms with Crippen LogP contribution in [-0.2, 0) is 9.53 Å². The average molecular weight is 316 g/mol. The third-order valence-corrected chi connectivity index (χ3v) is 4.33. The fourth-order valence-corrected chi connectivity index (χ4v) is 2.71. The summed E-state index contributed by atoms with van der Waals surface area (Å²) in [7, 11) is 1.36. The Kier molecular flexibility index (Phi) is 5.42. The zero-order valence-electron chi connectivity index (χ0n) is 14.1. The molecule has 124 valence electrons. The third kappa shape index (κ3) is 3.55. The predicted molar refractivity (Wildman–Crippen MR) is 88.6 cm³/mol. The number of carbonyl (C=O) groups is 2. The summed E-state index contributed by atoms with van der Waals surface area (Å²) in [5.41, 5.74) is 2.01. The third-order valence-electron chi connectivity index (χ3n) is 4.33. The van der Waals surface area contributed by atoms with Gasteiger partial charge < -0.3 is 10.1 Å². The van der Waals surface area contributed by atoms with Gasteiger partial charge in [0.15, 0.2) is 0 Å². The van der Waals surface area contributed by atoms with E-state index in [0.29, 0.717) is 23.7 Å². The Hall–Kier alpha value is -2.30. The second kappa shape index (κ2) is 7.31. The Morgan fingerprint density at radius 2 is 2.00 bits per heavy atom. The summed E-state index contributed by atoms with van der Waals surface area (Å²) < 4.78 is 4.95. The molecule has 0 bridgehead atoms. The largest absolute Gasteiger partial charge is 0.466 e. The van der Waals surface area contributed by atoms with Gasteiger partial charge in [-0.2, -0.15) is 0 Å². The molecule has 0 saturated carbocycles. The van der Waals surface area contributed by atoms with E-state index >= 15 is 0 Å². The standard InChI is InChI=1S/C18H24N2O3/c1-5-12(2)11-20-13(3)15(17(21)23-4)16(19-18(20)22)14-9-7-6-8-10-14/h6-10,12,16H,5,11H2,1-4H3,(H,19,22)/t12-,16+/m1/s1. The van der Waals surface area contributed by atoms with Crippen molar-refractivity contribution in [3.05, 3.63) is 47.2 Å². The van der Waals surface area contributed by atoms with Crippen LogP contribution in [0.4, 0.5) is 4.79 Å². The molecule has 5 heteroatoms. The smallest absolute Gasteiger partial charge is 0.337 e. The first-order chi connectivity index (χ1) is 11.0. The summed E-state index contributed by atoms with van der Waals surface area (Å²) in [5, 5.41) is 2.94. The van der Waals surface area contributed by atoms with E-state index in [9.17, 15) is 9.59 Å². The molecule has 1 aromatic carbocycles. The van der Waals surface area contributed by atoms with E-state index in [2.05, 4.69) is 19.2 Å². The van der Waals surface area contributed by atoms with Crippen LogP contribution in [0.2, 0.25) is 0 Å². The first-order valence-corrected chi connectivity index (χ1v) is 7.91. The van der Waals surface area contributed by atoms with E-state index in [1.807, 2.05) is 37.3 Å². The number of esters is 1. The Balaban J connectivity index is 2.46. The number of allylic oxidation sites excluding steroid dienone is 1. The van der Waals surface area contributed by atoms with Crippen LogP contribution < -0.4 is 5.32 Å². The molecule has 1 N–H and O–H groups in total. The van der Waals surface area contributed by atoms with Gasteiger partial charge in [-0.1, -0.05) is 50.6 Å². The molecule has 0 fully saturated rings. The Bertz CT molecular complexity index is 610. The highest BCUT2D eigenvalue weighted by Crippen LogP contribution is 2.31. The van der Waals surface area contributed by atoms with Crippen molar-refractivity contribution in [2.24, 2.45) is 5.92 Å². The van der Waals surface area contributed by atoms with Gasteiger partial charge in [0, 0.05) is 12.2 Å². The maximum absolute atomic E-state index is 12.5. The molecule has 2 amide bonds. The van der Waals surface area contributed by atoms with Gasteiger partial charge in [0.05, 0.1) is 18.7 Å². The number of methoxy groups -OCH3 is 1. The van der Waals surface area contributed by atoms with Gasteiger partial charge in [-0.15, -0.1) is 0 Å². The van der Waals surface area contributed by atoms with Crippen molar-refractivity contribution < 1.29 is 14.3 Å². The number of carbonyl (C=O) groups excluding carboxylic acids is 2. The van der Waals surface area contributed by atoms with E-state index in [4.69, 9.17) is 4.74 Å². The normalized spacial score (nSPS) is 19.4. The lowest BCUT2D eigenvalue weighted by molar-refractivity contribution is -0.136. The van der Waals surface area contributed by atoms with Crippen molar-refractivity contribution in [2.45, 2.75) is 33.2 Å². The summed E-state index contributed by atoms with van der Waals surface area (Å²) in [5.74, 6) is -0.0617. The van der Waals surface area contributed by atoms with Crippen LogP contribution in [0.5, 0.6) is 0 Å². The van der Waals surface area contributed by atoms with Gasteiger partial charge in [0.2, 0.25) is 0 Å². The number of hydrogen-bond acceptors (Lipinski definition) is 3. The summed E-state index contributed by atoms with van der Waals surface area (Å²) in [6.07, 6.45) is 0.965. The number of urea groups is 1. The molecule has 0 unspecified atom stereocenters. The lowest BCUT2D eigenvalue weighted by Gasteiger charge is -2.36. The van der Waals surface area contributed by atoms with Crippen molar-refractivity contribution in [3.8, 4) is 0 Å². The molecular formula is C18H24N2O3. The fraction of sp³-hybridized carbons (Fsp3) is 0.444. The molecular weight excluding hydrogens is 292 g/mol. The SMILES string of the molecule is CC[C@@H](C)CN1C(=O)N[C@@H](c2ccccc2)C(C(=O)OC)=C1C. The van der Waals surface area contributed by atoms with Gasteiger partial charge in [0.1, 0.15) is 0 Å². The number of nitrogens with zero attached hydrogens (tertiary/aromatic N) is 1. The predicted octanol–water partition coefficient (Wildman–Crippen LogP) is 3.25.